The lowest BCUT2D eigenvalue weighted by Gasteiger charge is -2.19. The molecule has 4 rings (SSSR count). The number of likely N-dealkylation sites (N-methyl/N-ethyl adjacent to an activating group) is 1. The van der Waals surface area contributed by atoms with Crippen LogP contribution in [0.4, 0.5) is 5.95 Å². The number of hydrogen-bond donors (Lipinski definition) is 1. The van der Waals surface area contributed by atoms with Crippen molar-refractivity contribution in [1.82, 2.24) is 29.6 Å². The number of amides is 2. The van der Waals surface area contributed by atoms with Gasteiger partial charge in [0.05, 0.1) is 12.2 Å². The summed E-state index contributed by atoms with van der Waals surface area (Å²) in [5.74, 6) is -0.0376. The SMILES string of the molecule is Cc1cn2c(n1)N(C)C(=O)C(NC(=O)c1ncn(Cc3ccccc3)n1)CC2. The third-order valence-electron chi connectivity index (χ3n) is 4.70. The Morgan fingerprint density at radius 1 is 1.29 bits per heavy atom. The van der Waals surface area contributed by atoms with Gasteiger partial charge in [-0.1, -0.05) is 30.3 Å². The first kappa shape index (κ1) is 17.9. The maximum Gasteiger partial charge on any atom is 0.291 e. The van der Waals surface area contributed by atoms with Crippen molar-refractivity contribution >= 4 is 17.8 Å². The van der Waals surface area contributed by atoms with Gasteiger partial charge in [0.1, 0.15) is 12.4 Å². The molecule has 1 N–H and O–H groups in total. The first-order chi connectivity index (χ1) is 13.5. The van der Waals surface area contributed by atoms with E-state index in [1.54, 1.807) is 11.7 Å². The van der Waals surface area contributed by atoms with Crippen LogP contribution in [0.3, 0.4) is 0 Å². The van der Waals surface area contributed by atoms with Crippen LogP contribution in [0.2, 0.25) is 0 Å². The number of nitrogens with one attached hydrogen (secondary N) is 1. The van der Waals surface area contributed by atoms with Crippen molar-refractivity contribution in [2.75, 3.05) is 11.9 Å². The van der Waals surface area contributed by atoms with E-state index in [2.05, 4.69) is 20.4 Å². The van der Waals surface area contributed by atoms with E-state index in [4.69, 9.17) is 0 Å². The predicted molar refractivity (Wildman–Crippen MR) is 102 cm³/mol. The zero-order chi connectivity index (χ0) is 19.7. The van der Waals surface area contributed by atoms with Crippen LogP contribution < -0.4 is 10.2 Å². The van der Waals surface area contributed by atoms with Crippen molar-refractivity contribution in [1.29, 1.82) is 0 Å². The van der Waals surface area contributed by atoms with Crippen LogP contribution in [0.1, 0.15) is 28.3 Å². The van der Waals surface area contributed by atoms with Gasteiger partial charge in [0.15, 0.2) is 0 Å². The molecule has 0 fully saturated rings. The molecule has 2 amide bonds. The van der Waals surface area contributed by atoms with E-state index in [-0.39, 0.29) is 11.7 Å². The van der Waals surface area contributed by atoms with Crippen LogP contribution in [-0.2, 0) is 17.9 Å². The van der Waals surface area contributed by atoms with E-state index in [1.807, 2.05) is 48.0 Å². The molecule has 0 saturated carbocycles. The normalized spacial score (nSPS) is 16.6. The monoisotopic (exact) mass is 379 g/mol. The van der Waals surface area contributed by atoms with Crippen molar-refractivity contribution in [3.05, 3.63) is 59.9 Å². The number of imidazole rings is 1. The summed E-state index contributed by atoms with van der Waals surface area (Å²) in [6.45, 7) is 3.00. The third-order valence-corrected chi connectivity index (χ3v) is 4.70. The second kappa shape index (κ2) is 7.26. The fourth-order valence-electron chi connectivity index (χ4n) is 3.29. The molecule has 1 aromatic carbocycles. The molecule has 9 heteroatoms. The smallest absolute Gasteiger partial charge is 0.291 e. The molecule has 28 heavy (non-hydrogen) atoms. The Morgan fingerprint density at radius 2 is 2.07 bits per heavy atom. The summed E-state index contributed by atoms with van der Waals surface area (Å²) >= 11 is 0. The summed E-state index contributed by atoms with van der Waals surface area (Å²) in [6, 6.07) is 9.14. The minimum atomic E-state index is -0.652. The van der Waals surface area contributed by atoms with Crippen LogP contribution >= 0.6 is 0 Å². The van der Waals surface area contributed by atoms with Crippen molar-refractivity contribution in [3.8, 4) is 0 Å². The average molecular weight is 379 g/mol. The molecular formula is C19H21N7O2. The van der Waals surface area contributed by atoms with Gasteiger partial charge in [-0.05, 0) is 18.9 Å². The first-order valence-corrected chi connectivity index (χ1v) is 9.07. The summed E-state index contributed by atoms with van der Waals surface area (Å²) in [5, 5.41) is 6.99. The lowest BCUT2D eigenvalue weighted by Crippen LogP contribution is -2.47. The van der Waals surface area contributed by atoms with Crippen LogP contribution in [-0.4, -0.2) is 49.2 Å². The van der Waals surface area contributed by atoms with Gasteiger partial charge in [-0.3, -0.25) is 14.5 Å². The van der Waals surface area contributed by atoms with Gasteiger partial charge in [0, 0.05) is 19.8 Å². The molecule has 1 atom stereocenters. The minimum Gasteiger partial charge on any atom is -0.337 e. The largest absolute Gasteiger partial charge is 0.337 e. The number of anilines is 1. The van der Waals surface area contributed by atoms with Crippen LogP contribution in [0.5, 0.6) is 0 Å². The highest BCUT2D eigenvalue weighted by molar-refractivity contribution is 6.00. The topological polar surface area (TPSA) is 97.9 Å². The molecular weight excluding hydrogens is 358 g/mol. The predicted octanol–water partition coefficient (Wildman–Crippen LogP) is 0.996. The second-order valence-electron chi connectivity index (χ2n) is 6.84. The first-order valence-electron chi connectivity index (χ1n) is 9.07. The molecule has 0 spiro atoms. The zero-order valence-corrected chi connectivity index (χ0v) is 15.7. The highest BCUT2D eigenvalue weighted by Crippen LogP contribution is 2.19. The molecule has 9 nitrogen and oxygen atoms in total. The highest BCUT2D eigenvalue weighted by Gasteiger charge is 2.31. The van der Waals surface area contributed by atoms with E-state index in [0.29, 0.717) is 25.5 Å². The molecule has 0 bridgehead atoms. The Balaban J connectivity index is 1.44. The molecule has 1 unspecified atom stereocenters. The minimum absolute atomic E-state index is 0.0456. The Morgan fingerprint density at radius 3 is 2.86 bits per heavy atom. The number of carbonyl (C=O) groups is 2. The molecule has 1 aliphatic heterocycles. The van der Waals surface area contributed by atoms with E-state index in [1.165, 1.54) is 11.2 Å². The number of fused-ring (bicyclic) bond motifs is 1. The lowest BCUT2D eigenvalue weighted by atomic mass is 10.2. The van der Waals surface area contributed by atoms with Crippen LogP contribution in [0.15, 0.2) is 42.9 Å². The Hall–Kier alpha value is -3.49. The number of hydrogen-bond acceptors (Lipinski definition) is 5. The van der Waals surface area contributed by atoms with Crippen LogP contribution in [0.25, 0.3) is 0 Å². The number of aryl methyl sites for hydroxylation is 2. The molecule has 0 radical (unpaired) electrons. The summed E-state index contributed by atoms with van der Waals surface area (Å²) in [4.78, 5) is 35.3. The molecule has 2 aromatic heterocycles. The molecule has 0 saturated heterocycles. The van der Waals surface area contributed by atoms with E-state index < -0.39 is 11.9 Å². The maximum absolute atomic E-state index is 12.7. The Bertz CT molecular complexity index is 1010. The van der Waals surface area contributed by atoms with Crippen molar-refractivity contribution in [3.63, 3.8) is 0 Å². The van der Waals surface area contributed by atoms with Gasteiger partial charge in [-0.15, -0.1) is 5.10 Å². The maximum atomic E-state index is 12.7. The van der Waals surface area contributed by atoms with Gasteiger partial charge in [0.25, 0.3) is 11.8 Å². The Kier molecular flexibility index (Phi) is 4.64. The molecule has 1 aliphatic rings. The number of rotatable bonds is 4. The summed E-state index contributed by atoms with van der Waals surface area (Å²) in [7, 11) is 1.66. The standard InChI is InChI=1S/C19H21N7O2/c1-13-10-25-9-8-15(18(28)24(2)19(25)21-13)22-17(27)16-20-12-26(23-16)11-14-6-4-3-5-7-14/h3-7,10,12,15H,8-9,11H2,1-2H3,(H,22,27). The van der Waals surface area contributed by atoms with Gasteiger partial charge in [0.2, 0.25) is 11.8 Å². The van der Waals surface area contributed by atoms with Gasteiger partial charge < -0.3 is 9.88 Å². The summed E-state index contributed by atoms with van der Waals surface area (Å²) in [5.41, 5.74) is 1.91. The lowest BCUT2D eigenvalue weighted by molar-refractivity contribution is -0.120. The van der Waals surface area contributed by atoms with Gasteiger partial charge in [-0.2, -0.15) is 0 Å². The van der Waals surface area contributed by atoms with E-state index in [9.17, 15) is 9.59 Å². The Labute approximate surface area is 162 Å². The highest BCUT2D eigenvalue weighted by atomic mass is 16.2. The van der Waals surface area contributed by atoms with E-state index in [0.717, 1.165) is 11.3 Å². The molecule has 144 valence electrons. The molecule has 0 aliphatic carbocycles. The number of nitrogens with zero attached hydrogens (tertiary/aromatic N) is 6. The third kappa shape index (κ3) is 3.51. The average Bonchev–Trinajstić information content (AvgIpc) is 3.28. The second-order valence-corrected chi connectivity index (χ2v) is 6.84. The van der Waals surface area contributed by atoms with Gasteiger partial charge >= 0.3 is 0 Å². The van der Waals surface area contributed by atoms with Crippen LogP contribution in [0, 0.1) is 6.92 Å². The number of aromatic nitrogens is 5. The van der Waals surface area contributed by atoms with Crippen molar-refractivity contribution < 1.29 is 9.59 Å². The van der Waals surface area contributed by atoms with Crippen molar-refractivity contribution in [2.24, 2.45) is 0 Å². The van der Waals surface area contributed by atoms with E-state index >= 15 is 0 Å². The van der Waals surface area contributed by atoms with Crippen molar-refractivity contribution in [2.45, 2.75) is 32.5 Å². The number of benzene rings is 1. The fourth-order valence-corrected chi connectivity index (χ4v) is 3.29. The number of carbonyl (C=O) groups excluding carboxylic acids is 2. The fraction of sp³-hybridized carbons (Fsp3) is 0.316. The zero-order valence-electron chi connectivity index (χ0n) is 15.7. The summed E-state index contributed by atoms with van der Waals surface area (Å²) in [6.07, 6.45) is 3.89. The van der Waals surface area contributed by atoms with Gasteiger partial charge in [-0.25, -0.2) is 14.6 Å². The molecule has 3 aromatic rings. The summed E-state index contributed by atoms with van der Waals surface area (Å²) < 4.78 is 3.52. The molecule has 3 heterocycles. The quantitative estimate of drug-likeness (QED) is 0.729.